The lowest BCUT2D eigenvalue weighted by Crippen LogP contribution is -2.23. The summed E-state index contributed by atoms with van der Waals surface area (Å²) in [7, 11) is 0. The molecule has 2 rings (SSSR count). The van der Waals surface area contributed by atoms with E-state index < -0.39 is 11.9 Å². The van der Waals surface area contributed by atoms with E-state index in [1.165, 1.54) is 24.3 Å². The Morgan fingerprint density at radius 2 is 1.68 bits per heavy atom. The van der Waals surface area contributed by atoms with Crippen molar-refractivity contribution in [2.45, 2.75) is 26.2 Å². The highest BCUT2D eigenvalue weighted by Crippen LogP contribution is 2.29. The van der Waals surface area contributed by atoms with E-state index in [1.54, 1.807) is 0 Å². The van der Waals surface area contributed by atoms with E-state index in [1.807, 2.05) is 24.3 Å². The van der Waals surface area contributed by atoms with E-state index in [0.29, 0.717) is 17.5 Å². The summed E-state index contributed by atoms with van der Waals surface area (Å²) in [5, 5.41) is 2.78. The number of rotatable bonds is 5. The van der Waals surface area contributed by atoms with Crippen molar-refractivity contribution < 1.29 is 19.1 Å². The predicted molar refractivity (Wildman–Crippen MR) is 95.9 cm³/mol. The zero-order valence-corrected chi connectivity index (χ0v) is 14.5. The summed E-state index contributed by atoms with van der Waals surface area (Å²) in [4.78, 5) is 34.6. The summed E-state index contributed by atoms with van der Waals surface area (Å²) < 4.78 is 5.02. The quantitative estimate of drug-likeness (QED) is 0.667. The van der Waals surface area contributed by atoms with Crippen molar-refractivity contribution >= 4 is 23.9 Å². The first kappa shape index (κ1) is 18.4. The lowest BCUT2D eigenvalue weighted by atomic mass is 9.86. The third-order valence-electron chi connectivity index (χ3n) is 3.63. The van der Waals surface area contributed by atoms with E-state index in [4.69, 9.17) is 4.74 Å². The molecule has 25 heavy (non-hydrogen) atoms. The molecule has 130 valence electrons. The maximum atomic E-state index is 12.1. The Bertz CT molecular complexity index is 773. The minimum absolute atomic E-state index is 0.124. The van der Waals surface area contributed by atoms with Gasteiger partial charge in [0.05, 0.1) is 5.56 Å². The third kappa shape index (κ3) is 5.01. The number of nitrogens with one attached hydrogen (secondary N) is 1. The molecule has 0 aliphatic carbocycles. The van der Waals surface area contributed by atoms with Crippen LogP contribution >= 0.6 is 0 Å². The molecular weight excluding hydrogens is 318 g/mol. The Labute approximate surface area is 147 Å². The number of ether oxygens (including phenoxy) is 1. The number of anilines is 1. The predicted octanol–water partition coefficient (Wildman–Crippen LogP) is 3.59. The van der Waals surface area contributed by atoms with E-state index >= 15 is 0 Å². The van der Waals surface area contributed by atoms with Gasteiger partial charge in [0.15, 0.2) is 6.61 Å². The first-order chi connectivity index (χ1) is 11.8. The fourth-order valence-corrected chi connectivity index (χ4v) is 2.34. The molecule has 0 atom stereocenters. The molecule has 1 amide bonds. The van der Waals surface area contributed by atoms with Crippen molar-refractivity contribution in [1.29, 1.82) is 0 Å². The van der Waals surface area contributed by atoms with Crippen LogP contribution in [0.3, 0.4) is 0 Å². The average Bonchev–Trinajstić information content (AvgIpc) is 2.59. The van der Waals surface area contributed by atoms with E-state index in [-0.39, 0.29) is 17.6 Å². The largest absolute Gasteiger partial charge is 0.452 e. The molecule has 0 aliphatic heterocycles. The SMILES string of the molecule is CC(C)(C)c1ccccc1NC(=O)COC(=O)c1ccc(C=O)cc1. The molecule has 0 heterocycles. The summed E-state index contributed by atoms with van der Waals surface area (Å²) in [5.41, 5.74) is 2.33. The second-order valence-corrected chi connectivity index (χ2v) is 6.66. The van der Waals surface area contributed by atoms with Gasteiger partial charge in [-0.05, 0) is 29.2 Å². The van der Waals surface area contributed by atoms with Gasteiger partial charge in [0.25, 0.3) is 5.91 Å². The lowest BCUT2D eigenvalue weighted by Gasteiger charge is -2.22. The van der Waals surface area contributed by atoms with Crippen LogP contribution < -0.4 is 5.32 Å². The van der Waals surface area contributed by atoms with Gasteiger partial charge in [0.2, 0.25) is 0 Å². The van der Waals surface area contributed by atoms with Crippen LogP contribution in [0.1, 0.15) is 47.1 Å². The second kappa shape index (κ2) is 7.75. The van der Waals surface area contributed by atoms with Gasteiger partial charge < -0.3 is 10.1 Å². The van der Waals surface area contributed by atoms with Gasteiger partial charge in [-0.2, -0.15) is 0 Å². The van der Waals surface area contributed by atoms with Gasteiger partial charge in [-0.15, -0.1) is 0 Å². The Kier molecular flexibility index (Phi) is 5.70. The number of carbonyl (C=O) groups is 3. The van der Waals surface area contributed by atoms with Gasteiger partial charge in [0, 0.05) is 11.3 Å². The van der Waals surface area contributed by atoms with Crippen molar-refractivity contribution in [2.24, 2.45) is 0 Å². The molecular formula is C20H21NO4. The number of carbonyl (C=O) groups excluding carboxylic acids is 3. The third-order valence-corrected chi connectivity index (χ3v) is 3.63. The van der Waals surface area contributed by atoms with Gasteiger partial charge in [-0.3, -0.25) is 9.59 Å². The normalized spacial score (nSPS) is 10.8. The summed E-state index contributed by atoms with van der Waals surface area (Å²) >= 11 is 0. The minimum atomic E-state index is -0.614. The van der Waals surface area contributed by atoms with Crippen LogP contribution in [0.2, 0.25) is 0 Å². The minimum Gasteiger partial charge on any atom is -0.452 e. The summed E-state index contributed by atoms with van der Waals surface area (Å²) in [6.45, 7) is 5.79. The van der Waals surface area contributed by atoms with Crippen LogP contribution in [0.4, 0.5) is 5.69 Å². The molecule has 5 heteroatoms. The van der Waals surface area contributed by atoms with Crippen LogP contribution in [0.5, 0.6) is 0 Å². The fourth-order valence-electron chi connectivity index (χ4n) is 2.34. The molecule has 0 saturated heterocycles. The van der Waals surface area contributed by atoms with Crippen molar-refractivity contribution in [3.05, 3.63) is 65.2 Å². The number of esters is 1. The molecule has 2 aromatic carbocycles. The molecule has 0 aromatic heterocycles. The Morgan fingerprint density at radius 1 is 1.04 bits per heavy atom. The molecule has 0 aliphatic rings. The lowest BCUT2D eigenvalue weighted by molar-refractivity contribution is -0.119. The highest BCUT2D eigenvalue weighted by molar-refractivity contribution is 5.96. The van der Waals surface area contributed by atoms with E-state index in [2.05, 4.69) is 26.1 Å². The average molecular weight is 339 g/mol. The molecule has 0 spiro atoms. The molecule has 2 aromatic rings. The first-order valence-corrected chi connectivity index (χ1v) is 7.93. The molecule has 5 nitrogen and oxygen atoms in total. The monoisotopic (exact) mass is 339 g/mol. The Balaban J connectivity index is 1.97. The highest BCUT2D eigenvalue weighted by atomic mass is 16.5. The van der Waals surface area contributed by atoms with E-state index in [0.717, 1.165) is 5.56 Å². The van der Waals surface area contributed by atoms with Gasteiger partial charge >= 0.3 is 5.97 Å². The topological polar surface area (TPSA) is 72.5 Å². The van der Waals surface area contributed by atoms with Gasteiger partial charge in [-0.25, -0.2) is 4.79 Å². The maximum absolute atomic E-state index is 12.1. The molecule has 1 N–H and O–H groups in total. The van der Waals surface area contributed by atoms with Gasteiger partial charge in [0.1, 0.15) is 6.29 Å². The molecule has 0 unspecified atom stereocenters. The Hall–Kier alpha value is -2.95. The van der Waals surface area contributed by atoms with Crippen LogP contribution in [-0.2, 0) is 14.9 Å². The molecule has 0 bridgehead atoms. The van der Waals surface area contributed by atoms with E-state index in [9.17, 15) is 14.4 Å². The van der Waals surface area contributed by atoms with Crippen molar-refractivity contribution in [1.82, 2.24) is 0 Å². The number of aldehydes is 1. The number of amides is 1. The van der Waals surface area contributed by atoms with Gasteiger partial charge in [-0.1, -0.05) is 51.1 Å². The van der Waals surface area contributed by atoms with Crippen molar-refractivity contribution in [3.8, 4) is 0 Å². The van der Waals surface area contributed by atoms with Crippen LogP contribution in [0.25, 0.3) is 0 Å². The Morgan fingerprint density at radius 3 is 2.28 bits per heavy atom. The van der Waals surface area contributed by atoms with Crippen LogP contribution in [0.15, 0.2) is 48.5 Å². The zero-order chi connectivity index (χ0) is 18.4. The van der Waals surface area contributed by atoms with Crippen LogP contribution in [0, 0.1) is 0 Å². The number of hydrogen-bond donors (Lipinski definition) is 1. The summed E-state index contributed by atoms with van der Waals surface area (Å²) in [5.74, 6) is -1.02. The highest BCUT2D eigenvalue weighted by Gasteiger charge is 2.19. The molecule has 0 fully saturated rings. The van der Waals surface area contributed by atoms with Crippen LogP contribution in [-0.4, -0.2) is 24.8 Å². The standard InChI is InChI=1S/C20H21NO4/c1-20(2,3)16-6-4-5-7-17(16)21-18(23)13-25-19(24)15-10-8-14(12-22)9-11-15/h4-12H,13H2,1-3H3,(H,21,23). The second-order valence-electron chi connectivity index (χ2n) is 6.66. The number of hydrogen-bond acceptors (Lipinski definition) is 4. The smallest absolute Gasteiger partial charge is 0.338 e. The number of benzene rings is 2. The molecule has 0 saturated carbocycles. The number of para-hydroxylation sites is 1. The zero-order valence-electron chi connectivity index (χ0n) is 14.5. The van der Waals surface area contributed by atoms with Crippen molar-refractivity contribution in [2.75, 3.05) is 11.9 Å². The fraction of sp³-hybridized carbons (Fsp3) is 0.250. The summed E-state index contributed by atoms with van der Waals surface area (Å²) in [6.07, 6.45) is 0.690. The van der Waals surface area contributed by atoms with Crippen molar-refractivity contribution in [3.63, 3.8) is 0 Å². The molecule has 0 radical (unpaired) electrons. The summed E-state index contributed by atoms with van der Waals surface area (Å²) in [6, 6.07) is 13.5. The first-order valence-electron chi connectivity index (χ1n) is 7.93. The maximum Gasteiger partial charge on any atom is 0.338 e.